The van der Waals surface area contributed by atoms with E-state index in [2.05, 4.69) is 21.4 Å². The first-order chi connectivity index (χ1) is 10.4. The van der Waals surface area contributed by atoms with E-state index in [-0.39, 0.29) is 4.90 Å². The van der Waals surface area contributed by atoms with E-state index in [0.29, 0.717) is 15.8 Å². The molecule has 0 aliphatic carbocycles. The molecule has 0 heterocycles. The van der Waals surface area contributed by atoms with Gasteiger partial charge in [-0.25, -0.2) is 8.42 Å². The van der Waals surface area contributed by atoms with E-state index in [9.17, 15) is 13.2 Å². The lowest BCUT2D eigenvalue weighted by Crippen LogP contribution is -2.41. The summed E-state index contributed by atoms with van der Waals surface area (Å²) in [5.41, 5.74) is 2.49. The van der Waals surface area contributed by atoms with Crippen LogP contribution in [0.15, 0.2) is 57.9 Å². The van der Waals surface area contributed by atoms with Gasteiger partial charge in [0.25, 0.3) is 15.9 Å². The monoisotopic (exact) mass is 384 g/mol. The minimum Gasteiger partial charge on any atom is -0.497 e. The zero-order chi connectivity index (χ0) is 16.2. The largest absolute Gasteiger partial charge is 0.497 e. The normalized spacial score (nSPS) is 11.0. The number of sulfonamides is 1. The molecule has 0 bridgehead atoms. The highest BCUT2D eigenvalue weighted by atomic mass is 79.9. The van der Waals surface area contributed by atoms with Crippen LogP contribution in [-0.4, -0.2) is 21.4 Å². The molecular formula is C14H13BrN2O4S. The first-order valence-electron chi connectivity index (χ1n) is 6.15. The summed E-state index contributed by atoms with van der Waals surface area (Å²) in [4.78, 5) is 14.0. The van der Waals surface area contributed by atoms with E-state index in [4.69, 9.17) is 4.74 Å². The van der Waals surface area contributed by atoms with Crippen molar-refractivity contribution in [2.45, 2.75) is 4.90 Å². The second kappa shape index (κ2) is 6.91. The molecule has 22 heavy (non-hydrogen) atoms. The van der Waals surface area contributed by atoms with Gasteiger partial charge in [-0.1, -0.05) is 12.1 Å². The number of rotatable bonds is 5. The number of halogens is 1. The molecule has 0 radical (unpaired) electrons. The van der Waals surface area contributed by atoms with Crippen LogP contribution >= 0.6 is 15.9 Å². The molecule has 2 aromatic carbocycles. The molecule has 0 fully saturated rings. The molecule has 0 spiro atoms. The van der Waals surface area contributed by atoms with E-state index in [1.807, 2.05) is 4.83 Å². The van der Waals surface area contributed by atoms with Crippen molar-refractivity contribution in [2.24, 2.45) is 0 Å². The van der Waals surface area contributed by atoms with Gasteiger partial charge in [0.1, 0.15) is 5.75 Å². The summed E-state index contributed by atoms with van der Waals surface area (Å²) in [7, 11) is -2.37. The van der Waals surface area contributed by atoms with Gasteiger partial charge in [0.15, 0.2) is 0 Å². The van der Waals surface area contributed by atoms with Crippen LogP contribution in [0.1, 0.15) is 10.4 Å². The molecule has 116 valence electrons. The predicted molar refractivity (Wildman–Crippen MR) is 84.9 cm³/mol. The maximum Gasteiger partial charge on any atom is 0.267 e. The molecule has 0 atom stereocenters. The standard InChI is InChI=1S/C14H13BrN2O4S/c1-21-10-6-8-11(9-7-10)22(19,20)17-16-14(18)12-4-2-3-5-13(12)15/h2-9,17H,1H3,(H,16,18). The average molecular weight is 385 g/mol. The van der Waals surface area contributed by atoms with Gasteiger partial charge < -0.3 is 4.74 Å². The first-order valence-corrected chi connectivity index (χ1v) is 8.42. The van der Waals surface area contributed by atoms with Crippen LogP contribution in [-0.2, 0) is 10.0 Å². The van der Waals surface area contributed by atoms with Crippen LogP contribution in [0.4, 0.5) is 0 Å². The third kappa shape index (κ3) is 3.85. The summed E-state index contributed by atoms with van der Waals surface area (Å²) in [6, 6.07) is 12.5. The molecule has 1 amide bonds. The van der Waals surface area contributed by atoms with Gasteiger partial charge >= 0.3 is 0 Å². The molecule has 2 N–H and O–H groups in total. The van der Waals surface area contributed by atoms with E-state index in [0.717, 1.165) is 0 Å². The maximum absolute atomic E-state index is 12.1. The zero-order valence-corrected chi connectivity index (χ0v) is 13.9. The average Bonchev–Trinajstić information content (AvgIpc) is 2.53. The van der Waals surface area contributed by atoms with Crippen LogP contribution in [0.3, 0.4) is 0 Å². The third-order valence-electron chi connectivity index (χ3n) is 2.79. The molecule has 0 aliphatic rings. The fourth-order valence-corrected chi connectivity index (χ4v) is 2.94. The Morgan fingerprint density at radius 2 is 1.73 bits per heavy atom. The predicted octanol–water partition coefficient (Wildman–Crippen LogP) is 2.08. The molecule has 0 unspecified atom stereocenters. The van der Waals surface area contributed by atoms with Crippen LogP contribution < -0.4 is 15.0 Å². The van der Waals surface area contributed by atoms with Gasteiger partial charge in [-0.3, -0.25) is 10.2 Å². The Hall–Kier alpha value is -1.90. The minimum absolute atomic E-state index is 0.0146. The Kier molecular flexibility index (Phi) is 5.17. The number of carbonyl (C=O) groups excluding carboxylic acids is 1. The summed E-state index contributed by atoms with van der Waals surface area (Å²) in [5.74, 6) is -0.0271. The maximum atomic E-state index is 12.1. The Labute approximate surface area is 136 Å². The lowest BCUT2D eigenvalue weighted by Gasteiger charge is -2.09. The molecule has 0 saturated carbocycles. The van der Waals surface area contributed by atoms with Crippen molar-refractivity contribution in [2.75, 3.05) is 7.11 Å². The highest BCUT2D eigenvalue weighted by Gasteiger charge is 2.16. The van der Waals surface area contributed by atoms with Crippen molar-refractivity contribution in [3.8, 4) is 5.75 Å². The van der Waals surface area contributed by atoms with Crippen molar-refractivity contribution >= 4 is 31.9 Å². The number of hydrogen-bond acceptors (Lipinski definition) is 4. The van der Waals surface area contributed by atoms with Crippen LogP contribution in [0.25, 0.3) is 0 Å². The van der Waals surface area contributed by atoms with Crippen LogP contribution in [0, 0.1) is 0 Å². The second-order valence-corrected chi connectivity index (χ2v) is 6.75. The summed E-state index contributed by atoms with van der Waals surface area (Å²) < 4.78 is 29.7. The van der Waals surface area contributed by atoms with Gasteiger partial charge in [-0.05, 0) is 52.3 Å². The minimum atomic E-state index is -3.85. The van der Waals surface area contributed by atoms with Gasteiger partial charge in [-0.15, -0.1) is 4.83 Å². The molecule has 6 nitrogen and oxygen atoms in total. The number of amides is 1. The first kappa shape index (κ1) is 16.5. The number of nitrogens with one attached hydrogen (secondary N) is 2. The highest BCUT2D eigenvalue weighted by molar-refractivity contribution is 9.10. The summed E-state index contributed by atoms with van der Waals surface area (Å²) >= 11 is 3.23. The van der Waals surface area contributed by atoms with Gasteiger partial charge in [0.05, 0.1) is 17.6 Å². The number of ether oxygens (including phenoxy) is 1. The SMILES string of the molecule is COc1ccc(S(=O)(=O)NNC(=O)c2ccccc2Br)cc1. The van der Waals surface area contributed by atoms with Gasteiger partial charge in [0, 0.05) is 4.47 Å². The molecular weight excluding hydrogens is 372 g/mol. The summed E-state index contributed by atoms with van der Waals surface area (Å²) in [6.45, 7) is 0. The van der Waals surface area contributed by atoms with Crippen molar-refractivity contribution in [3.63, 3.8) is 0 Å². The van der Waals surface area contributed by atoms with Crippen molar-refractivity contribution in [1.82, 2.24) is 10.3 Å². The molecule has 2 aromatic rings. The van der Waals surface area contributed by atoms with Crippen molar-refractivity contribution in [1.29, 1.82) is 0 Å². The number of methoxy groups -OCH3 is 1. The number of hydrazine groups is 1. The topological polar surface area (TPSA) is 84.5 Å². The van der Waals surface area contributed by atoms with E-state index < -0.39 is 15.9 Å². The Bertz CT molecular complexity index is 776. The van der Waals surface area contributed by atoms with Crippen molar-refractivity contribution in [3.05, 3.63) is 58.6 Å². The van der Waals surface area contributed by atoms with Gasteiger partial charge in [0.2, 0.25) is 0 Å². The summed E-state index contributed by atoms with van der Waals surface area (Å²) in [6.07, 6.45) is 0. The highest BCUT2D eigenvalue weighted by Crippen LogP contribution is 2.16. The van der Waals surface area contributed by atoms with E-state index in [1.165, 1.54) is 31.4 Å². The van der Waals surface area contributed by atoms with Crippen LogP contribution in [0.5, 0.6) is 5.75 Å². The van der Waals surface area contributed by atoms with E-state index >= 15 is 0 Å². The number of benzene rings is 2. The number of carbonyl (C=O) groups is 1. The Balaban J connectivity index is 2.09. The van der Waals surface area contributed by atoms with E-state index in [1.54, 1.807) is 24.3 Å². The Morgan fingerprint density at radius 3 is 2.32 bits per heavy atom. The third-order valence-corrected chi connectivity index (χ3v) is 4.74. The second-order valence-electron chi connectivity index (χ2n) is 4.21. The fourth-order valence-electron chi connectivity index (χ4n) is 1.64. The molecule has 0 aromatic heterocycles. The zero-order valence-electron chi connectivity index (χ0n) is 11.5. The van der Waals surface area contributed by atoms with Gasteiger partial charge in [-0.2, -0.15) is 0 Å². The molecule has 2 rings (SSSR count). The molecule has 8 heteroatoms. The summed E-state index contributed by atoms with van der Waals surface area (Å²) in [5, 5.41) is 0. The molecule has 0 saturated heterocycles. The number of hydrogen-bond donors (Lipinski definition) is 2. The lowest BCUT2D eigenvalue weighted by atomic mass is 10.2. The Morgan fingerprint density at radius 1 is 1.09 bits per heavy atom. The smallest absolute Gasteiger partial charge is 0.267 e. The fraction of sp³-hybridized carbons (Fsp3) is 0.0714. The lowest BCUT2D eigenvalue weighted by molar-refractivity contribution is 0.0944. The van der Waals surface area contributed by atoms with Crippen LogP contribution in [0.2, 0.25) is 0 Å². The quantitative estimate of drug-likeness (QED) is 0.772. The van der Waals surface area contributed by atoms with Crippen molar-refractivity contribution < 1.29 is 17.9 Å². The molecule has 0 aliphatic heterocycles.